The number of unbranched alkanes of at least 4 members (excludes halogenated alkanes) is 2. The molecule has 1 aromatic carbocycles. The Morgan fingerprint density at radius 2 is 1.88 bits per heavy atom. The minimum atomic E-state index is -0.0234. The van der Waals surface area contributed by atoms with Crippen molar-refractivity contribution in [1.29, 1.82) is 0 Å². The number of ether oxygens (including phenoxy) is 1. The number of amides is 2. The number of hydrogen-bond donors (Lipinski definition) is 1. The van der Waals surface area contributed by atoms with Crippen molar-refractivity contribution in [2.45, 2.75) is 39.0 Å². The lowest BCUT2D eigenvalue weighted by atomic mass is 9.96. The molecule has 1 aliphatic rings. The van der Waals surface area contributed by atoms with E-state index in [-0.39, 0.29) is 24.3 Å². The molecular formula is C19H27BrN2O3. The van der Waals surface area contributed by atoms with E-state index in [0.29, 0.717) is 18.8 Å². The third-order valence-electron chi connectivity index (χ3n) is 4.47. The highest BCUT2D eigenvalue weighted by molar-refractivity contribution is 9.10. The van der Waals surface area contributed by atoms with Crippen molar-refractivity contribution in [3.8, 4) is 5.75 Å². The van der Waals surface area contributed by atoms with Crippen LogP contribution in [0.2, 0.25) is 0 Å². The van der Waals surface area contributed by atoms with Gasteiger partial charge in [-0.2, -0.15) is 0 Å². The summed E-state index contributed by atoms with van der Waals surface area (Å²) in [5, 5.41) is 3.01. The number of likely N-dealkylation sites (tertiary alicyclic amines) is 1. The molecule has 6 heteroatoms. The van der Waals surface area contributed by atoms with Gasteiger partial charge in [0.2, 0.25) is 5.91 Å². The Morgan fingerprint density at radius 3 is 2.52 bits per heavy atom. The maximum absolute atomic E-state index is 12.2. The minimum Gasteiger partial charge on any atom is -0.484 e. The Hall–Kier alpha value is -1.56. The third kappa shape index (κ3) is 6.69. The van der Waals surface area contributed by atoms with Crippen molar-refractivity contribution in [2.24, 2.45) is 5.92 Å². The van der Waals surface area contributed by atoms with Crippen molar-refractivity contribution in [1.82, 2.24) is 10.2 Å². The molecule has 0 unspecified atom stereocenters. The Kier molecular flexibility index (Phi) is 8.25. The highest BCUT2D eigenvalue weighted by Gasteiger charge is 2.27. The quantitative estimate of drug-likeness (QED) is 0.668. The van der Waals surface area contributed by atoms with E-state index < -0.39 is 0 Å². The van der Waals surface area contributed by atoms with E-state index in [4.69, 9.17) is 4.74 Å². The van der Waals surface area contributed by atoms with Gasteiger partial charge in [-0.15, -0.1) is 0 Å². The number of carbonyl (C=O) groups is 2. The van der Waals surface area contributed by atoms with Crippen molar-refractivity contribution in [2.75, 3.05) is 26.2 Å². The summed E-state index contributed by atoms with van der Waals surface area (Å²) in [5.74, 6) is 0.815. The van der Waals surface area contributed by atoms with Gasteiger partial charge in [0, 0.05) is 30.0 Å². The number of halogens is 1. The summed E-state index contributed by atoms with van der Waals surface area (Å²) >= 11 is 3.37. The summed E-state index contributed by atoms with van der Waals surface area (Å²) in [6, 6.07) is 7.41. The summed E-state index contributed by atoms with van der Waals surface area (Å²) in [4.78, 5) is 26.2. The Bertz CT molecular complexity index is 554. The number of piperidine rings is 1. The Morgan fingerprint density at radius 1 is 1.20 bits per heavy atom. The SMILES string of the molecule is CCCCCNC(=O)C1CCN(C(=O)COc2ccc(Br)cc2)CC1. The van der Waals surface area contributed by atoms with Crippen molar-refractivity contribution in [3.63, 3.8) is 0 Å². The first kappa shape index (κ1) is 19.8. The molecule has 1 fully saturated rings. The van der Waals surface area contributed by atoms with Crippen LogP contribution in [0.1, 0.15) is 39.0 Å². The zero-order valence-electron chi connectivity index (χ0n) is 14.8. The predicted molar refractivity (Wildman–Crippen MR) is 101 cm³/mol. The van der Waals surface area contributed by atoms with Crippen LogP contribution in [0, 0.1) is 5.92 Å². The summed E-state index contributed by atoms with van der Waals surface area (Å²) in [6.07, 6.45) is 4.78. The molecule has 0 bridgehead atoms. The molecule has 25 heavy (non-hydrogen) atoms. The number of benzene rings is 1. The molecule has 138 valence electrons. The number of hydrogen-bond acceptors (Lipinski definition) is 3. The first-order valence-electron chi connectivity index (χ1n) is 9.04. The number of nitrogens with one attached hydrogen (secondary N) is 1. The van der Waals surface area contributed by atoms with E-state index in [9.17, 15) is 9.59 Å². The highest BCUT2D eigenvalue weighted by Crippen LogP contribution is 2.19. The molecule has 0 aliphatic carbocycles. The van der Waals surface area contributed by atoms with Crippen molar-refractivity contribution < 1.29 is 14.3 Å². The molecule has 0 radical (unpaired) electrons. The van der Waals surface area contributed by atoms with Crippen molar-refractivity contribution in [3.05, 3.63) is 28.7 Å². The summed E-state index contributed by atoms with van der Waals surface area (Å²) < 4.78 is 6.51. The van der Waals surface area contributed by atoms with E-state index in [1.54, 1.807) is 4.90 Å². The van der Waals surface area contributed by atoms with Gasteiger partial charge >= 0.3 is 0 Å². The zero-order chi connectivity index (χ0) is 18.1. The first-order chi connectivity index (χ1) is 12.1. The lowest BCUT2D eigenvalue weighted by Crippen LogP contribution is -2.44. The van der Waals surface area contributed by atoms with Crippen LogP contribution in [0.25, 0.3) is 0 Å². The van der Waals surface area contributed by atoms with Gasteiger partial charge in [0.25, 0.3) is 5.91 Å². The van der Waals surface area contributed by atoms with E-state index >= 15 is 0 Å². The fourth-order valence-electron chi connectivity index (χ4n) is 2.89. The topological polar surface area (TPSA) is 58.6 Å². The van der Waals surface area contributed by atoms with Gasteiger partial charge < -0.3 is 15.0 Å². The fraction of sp³-hybridized carbons (Fsp3) is 0.579. The molecule has 1 saturated heterocycles. The minimum absolute atomic E-state index is 0.0234. The first-order valence-corrected chi connectivity index (χ1v) is 9.83. The Balaban J connectivity index is 1.67. The lowest BCUT2D eigenvalue weighted by Gasteiger charge is -2.31. The molecule has 0 aromatic heterocycles. The second-order valence-electron chi connectivity index (χ2n) is 6.40. The van der Waals surface area contributed by atoms with E-state index in [2.05, 4.69) is 28.2 Å². The molecule has 5 nitrogen and oxygen atoms in total. The van der Waals surface area contributed by atoms with Gasteiger partial charge in [0.05, 0.1) is 0 Å². The highest BCUT2D eigenvalue weighted by atomic mass is 79.9. The standard InChI is InChI=1S/C19H27BrN2O3/c1-2-3-4-11-21-19(24)15-9-12-22(13-10-15)18(23)14-25-17-7-5-16(20)6-8-17/h5-8,15H,2-4,9-14H2,1H3,(H,21,24). The van der Waals surface area contributed by atoms with E-state index in [1.807, 2.05) is 24.3 Å². The van der Waals surface area contributed by atoms with Crippen LogP contribution in [0.3, 0.4) is 0 Å². The average Bonchev–Trinajstić information content (AvgIpc) is 2.64. The third-order valence-corrected chi connectivity index (χ3v) is 5.00. The van der Waals surface area contributed by atoms with Gasteiger partial charge in [-0.1, -0.05) is 35.7 Å². The van der Waals surface area contributed by atoms with Gasteiger partial charge in [0.1, 0.15) is 5.75 Å². The van der Waals surface area contributed by atoms with Crippen LogP contribution in [-0.2, 0) is 9.59 Å². The molecule has 2 rings (SSSR count). The van der Waals surface area contributed by atoms with Gasteiger partial charge in [0.15, 0.2) is 6.61 Å². The van der Waals surface area contributed by atoms with Crippen LogP contribution >= 0.6 is 15.9 Å². The summed E-state index contributed by atoms with van der Waals surface area (Å²) in [6.45, 7) is 4.18. The fourth-order valence-corrected chi connectivity index (χ4v) is 3.15. The molecule has 2 amide bonds. The van der Waals surface area contributed by atoms with Crippen LogP contribution in [0.4, 0.5) is 0 Å². The predicted octanol–water partition coefficient (Wildman–Crippen LogP) is 3.37. The van der Waals surface area contributed by atoms with E-state index in [0.717, 1.165) is 43.1 Å². The van der Waals surface area contributed by atoms with Crippen LogP contribution < -0.4 is 10.1 Å². The zero-order valence-corrected chi connectivity index (χ0v) is 16.4. The molecule has 1 aromatic rings. The van der Waals surface area contributed by atoms with E-state index in [1.165, 1.54) is 0 Å². The van der Waals surface area contributed by atoms with Crippen molar-refractivity contribution >= 4 is 27.7 Å². The molecule has 0 atom stereocenters. The van der Waals surface area contributed by atoms with Crippen LogP contribution in [0.5, 0.6) is 5.75 Å². The van der Waals surface area contributed by atoms with Gasteiger partial charge in [-0.05, 0) is 43.5 Å². The molecule has 1 aliphatic heterocycles. The Labute approximate surface area is 158 Å². The number of carbonyl (C=O) groups excluding carboxylic acids is 2. The van der Waals surface area contributed by atoms with Crippen LogP contribution in [-0.4, -0.2) is 43.0 Å². The second-order valence-corrected chi connectivity index (χ2v) is 7.31. The number of rotatable bonds is 8. The average molecular weight is 411 g/mol. The summed E-state index contributed by atoms with van der Waals surface area (Å²) in [5.41, 5.74) is 0. The van der Waals surface area contributed by atoms with Gasteiger partial charge in [-0.25, -0.2) is 0 Å². The molecule has 1 heterocycles. The smallest absolute Gasteiger partial charge is 0.260 e. The largest absolute Gasteiger partial charge is 0.484 e. The maximum Gasteiger partial charge on any atom is 0.260 e. The lowest BCUT2D eigenvalue weighted by molar-refractivity contribution is -0.137. The maximum atomic E-state index is 12.2. The monoisotopic (exact) mass is 410 g/mol. The second kappa shape index (κ2) is 10.4. The van der Waals surface area contributed by atoms with Crippen LogP contribution in [0.15, 0.2) is 28.7 Å². The van der Waals surface area contributed by atoms with Gasteiger partial charge in [-0.3, -0.25) is 9.59 Å². The number of nitrogens with zero attached hydrogens (tertiary/aromatic N) is 1. The molecule has 0 spiro atoms. The molecule has 1 N–H and O–H groups in total. The molecular weight excluding hydrogens is 384 g/mol. The normalized spacial score (nSPS) is 15.0. The summed E-state index contributed by atoms with van der Waals surface area (Å²) in [7, 11) is 0. The molecule has 0 saturated carbocycles.